The van der Waals surface area contributed by atoms with Crippen LogP contribution >= 0.6 is 0 Å². The lowest BCUT2D eigenvalue weighted by molar-refractivity contribution is 0.112. The number of aryl methyl sites for hydroxylation is 1. The van der Waals surface area contributed by atoms with E-state index in [2.05, 4.69) is 17.2 Å². The van der Waals surface area contributed by atoms with Crippen LogP contribution in [0.3, 0.4) is 0 Å². The van der Waals surface area contributed by atoms with Crippen LogP contribution in [0.2, 0.25) is 0 Å². The van der Waals surface area contributed by atoms with E-state index in [9.17, 15) is 4.79 Å². The Kier molecular flexibility index (Phi) is 4.59. The summed E-state index contributed by atoms with van der Waals surface area (Å²) >= 11 is 0. The molecule has 0 aromatic heterocycles. The van der Waals surface area contributed by atoms with Gasteiger partial charge in [0.15, 0.2) is 6.29 Å². The Morgan fingerprint density at radius 3 is 2.93 bits per heavy atom. The van der Waals surface area contributed by atoms with E-state index in [0.717, 1.165) is 30.4 Å². The zero-order valence-electron chi connectivity index (χ0n) is 9.13. The number of carbonyl (C=O) groups is 1. The van der Waals surface area contributed by atoms with Gasteiger partial charge in [-0.05, 0) is 26.1 Å². The maximum absolute atomic E-state index is 10.8. The van der Waals surface area contributed by atoms with Crippen molar-refractivity contribution in [3.05, 3.63) is 34.9 Å². The first-order valence-corrected chi connectivity index (χ1v) is 4.97. The summed E-state index contributed by atoms with van der Waals surface area (Å²) in [6, 6.07) is 5.72. The smallest absolute Gasteiger partial charge is 0.151 e. The molecule has 78 valence electrons. The minimum absolute atomic E-state index is 0.673. The van der Waals surface area contributed by atoms with E-state index in [1.54, 1.807) is 0 Å². The van der Waals surface area contributed by atoms with Crippen LogP contribution in [-0.2, 0) is 0 Å². The second-order valence-electron chi connectivity index (χ2n) is 3.36. The first-order valence-electron chi connectivity index (χ1n) is 4.97. The lowest BCUT2D eigenvalue weighted by Gasteiger charge is -1.97. The van der Waals surface area contributed by atoms with E-state index >= 15 is 0 Å². The maximum atomic E-state index is 10.8. The molecule has 0 aliphatic carbocycles. The van der Waals surface area contributed by atoms with E-state index in [-0.39, 0.29) is 0 Å². The summed E-state index contributed by atoms with van der Waals surface area (Å²) in [7, 11) is 1.89. The molecule has 2 nitrogen and oxygen atoms in total. The Labute approximate surface area is 90.7 Å². The molecule has 0 bridgehead atoms. The van der Waals surface area contributed by atoms with E-state index in [4.69, 9.17) is 0 Å². The van der Waals surface area contributed by atoms with Crippen molar-refractivity contribution < 1.29 is 4.79 Å². The molecule has 2 heteroatoms. The molecule has 15 heavy (non-hydrogen) atoms. The zero-order valence-corrected chi connectivity index (χ0v) is 9.13. The quantitative estimate of drug-likeness (QED) is 0.459. The van der Waals surface area contributed by atoms with Gasteiger partial charge in [-0.25, -0.2) is 0 Å². The number of hydrogen-bond donors (Lipinski definition) is 1. The average molecular weight is 201 g/mol. The van der Waals surface area contributed by atoms with Gasteiger partial charge in [0.1, 0.15) is 0 Å². The molecule has 0 unspecified atom stereocenters. The molecular formula is C13H15NO. The summed E-state index contributed by atoms with van der Waals surface area (Å²) in [5.41, 5.74) is 2.57. The Morgan fingerprint density at radius 2 is 2.27 bits per heavy atom. The first kappa shape index (κ1) is 11.5. The van der Waals surface area contributed by atoms with Gasteiger partial charge < -0.3 is 5.32 Å². The van der Waals surface area contributed by atoms with Crippen LogP contribution in [0.25, 0.3) is 0 Å². The first-order chi connectivity index (χ1) is 7.27. The summed E-state index contributed by atoms with van der Waals surface area (Å²) in [6.07, 6.45) is 1.65. The Hall–Kier alpha value is -1.59. The van der Waals surface area contributed by atoms with Gasteiger partial charge in [0, 0.05) is 24.1 Å². The highest BCUT2D eigenvalue weighted by Gasteiger charge is 1.97. The van der Waals surface area contributed by atoms with Crippen molar-refractivity contribution in [3.8, 4) is 11.8 Å². The molecule has 0 atom stereocenters. The fourth-order valence-electron chi connectivity index (χ4n) is 1.24. The number of carbonyl (C=O) groups excluding carboxylic acids is 1. The molecule has 1 aromatic rings. The lowest BCUT2D eigenvalue weighted by Crippen LogP contribution is -2.05. The summed E-state index contributed by atoms with van der Waals surface area (Å²) in [4.78, 5) is 10.8. The van der Waals surface area contributed by atoms with E-state index in [1.165, 1.54) is 0 Å². The van der Waals surface area contributed by atoms with Crippen LogP contribution in [0, 0.1) is 18.8 Å². The number of nitrogens with one attached hydrogen (secondary N) is 1. The predicted octanol–water partition coefficient (Wildman–Crippen LogP) is 1.77. The number of benzene rings is 1. The van der Waals surface area contributed by atoms with Gasteiger partial charge in [0.05, 0.1) is 0 Å². The van der Waals surface area contributed by atoms with Crippen molar-refractivity contribution in [2.45, 2.75) is 13.3 Å². The third kappa shape index (κ3) is 3.57. The third-order valence-electron chi connectivity index (χ3n) is 2.06. The Balaban J connectivity index is 2.83. The van der Waals surface area contributed by atoms with Crippen molar-refractivity contribution in [1.82, 2.24) is 5.32 Å². The van der Waals surface area contributed by atoms with Crippen LogP contribution in [0.5, 0.6) is 0 Å². The molecule has 1 N–H and O–H groups in total. The number of aldehydes is 1. The molecule has 1 rings (SSSR count). The third-order valence-corrected chi connectivity index (χ3v) is 2.06. The zero-order chi connectivity index (χ0) is 11.1. The van der Waals surface area contributed by atoms with Gasteiger partial charge >= 0.3 is 0 Å². The standard InChI is InChI=1S/C13H15NO/c1-11-6-7-12(13(9-11)10-15)5-3-4-8-14-2/h6-7,9-10,14H,4,8H2,1-2H3. The largest absolute Gasteiger partial charge is 0.319 e. The highest BCUT2D eigenvalue weighted by atomic mass is 16.1. The molecule has 0 amide bonds. The molecule has 0 radical (unpaired) electrons. The van der Waals surface area contributed by atoms with Crippen molar-refractivity contribution in [2.24, 2.45) is 0 Å². The summed E-state index contributed by atoms with van der Waals surface area (Å²) in [5.74, 6) is 6.03. The predicted molar refractivity (Wildman–Crippen MR) is 62.0 cm³/mol. The molecule has 0 spiro atoms. The Morgan fingerprint density at radius 1 is 1.47 bits per heavy atom. The molecule has 0 aliphatic heterocycles. The van der Waals surface area contributed by atoms with Crippen LogP contribution in [0.4, 0.5) is 0 Å². The van der Waals surface area contributed by atoms with Gasteiger partial charge in [-0.15, -0.1) is 0 Å². The van der Waals surface area contributed by atoms with Crippen LogP contribution in [-0.4, -0.2) is 19.9 Å². The fraction of sp³-hybridized carbons (Fsp3) is 0.308. The summed E-state index contributed by atoms with van der Waals surface area (Å²) < 4.78 is 0. The second kappa shape index (κ2) is 6.00. The Bertz CT molecular complexity index is 399. The molecule has 0 saturated heterocycles. The molecule has 0 saturated carbocycles. The van der Waals surface area contributed by atoms with Crippen molar-refractivity contribution in [3.63, 3.8) is 0 Å². The monoisotopic (exact) mass is 201 g/mol. The molecule has 1 aromatic carbocycles. The van der Waals surface area contributed by atoms with Crippen molar-refractivity contribution in [2.75, 3.05) is 13.6 Å². The van der Waals surface area contributed by atoms with Gasteiger partial charge in [0.25, 0.3) is 0 Å². The summed E-state index contributed by atoms with van der Waals surface area (Å²) in [6.45, 7) is 2.83. The maximum Gasteiger partial charge on any atom is 0.151 e. The molecule has 0 heterocycles. The van der Waals surface area contributed by atoms with E-state index in [1.807, 2.05) is 32.2 Å². The molecule has 0 aliphatic rings. The normalized spacial score (nSPS) is 9.20. The summed E-state index contributed by atoms with van der Waals surface area (Å²) in [5, 5.41) is 3.02. The average Bonchev–Trinajstić information content (AvgIpc) is 2.26. The lowest BCUT2D eigenvalue weighted by atomic mass is 10.1. The minimum atomic E-state index is 0.673. The van der Waals surface area contributed by atoms with Gasteiger partial charge in [-0.1, -0.05) is 23.5 Å². The van der Waals surface area contributed by atoms with Crippen molar-refractivity contribution in [1.29, 1.82) is 0 Å². The number of rotatable bonds is 3. The SMILES string of the molecule is CNCCC#Cc1ccc(C)cc1C=O. The van der Waals surface area contributed by atoms with E-state index in [0.29, 0.717) is 5.56 Å². The van der Waals surface area contributed by atoms with Gasteiger partial charge in [-0.2, -0.15) is 0 Å². The minimum Gasteiger partial charge on any atom is -0.319 e. The molecule has 0 fully saturated rings. The number of hydrogen-bond acceptors (Lipinski definition) is 2. The second-order valence-corrected chi connectivity index (χ2v) is 3.36. The van der Waals surface area contributed by atoms with Crippen LogP contribution < -0.4 is 5.32 Å². The van der Waals surface area contributed by atoms with Crippen molar-refractivity contribution >= 4 is 6.29 Å². The fourth-order valence-corrected chi connectivity index (χ4v) is 1.24. The van der Waals surface area contributed by atoms with Crippen LogP contribution in [0.15, 0.2) is 18.2 Å². The highest BCUT2D eigenvalue weighted by molar-refractivity contribution is 5.79. The van der Waals surface area contributed by atoms with Gasteiger partial charge in [-0.3, -0.25) is 4.79 Å². The van der Waals surface area contributed by atoms with E-state index < -0.39 is 0 Å². The highest BCUT2D eigenvalue weighted by Crippen LogP contribution is 2.08. The van der Waals surface area contributed by atoms with Crippen LogP contribution in [0.1, 0.15) is 27.9 Å². The van der Waals surface area contributed by atoms with Gasteiger partial charge in [0.2, 0.25) is 0 Å². The molecular weight excluding hydrogens is 186 g/mol. The topological polar surface area (TPSA) is 29.1 Å².